The fourth-order valence-corrected chi connectivity index (χ4v) is 11.4. The lowest BCUT2D eigenvalue weighted by Crippen LogP contribution is -2.47. The lowest BCUT2D eigenvalue weighted by molar-refractivity contribution is 0.0572. The third kappa shape index (κ3) is 7.25. The highest BCUT2D eigenvalue weighted by atomic mass is 32.2. The molecule has 1 unspecified atom stereocenters. The molecule has 0 spiro atoms. The Balaban J connectivity index is 1.22. The number of amides is 2. The highest BCUT2D eigenvalue weighted by Gasteiger charge is 2.43. The number of carbonyl (C=O) groups is 2. The van der Waals surface area contributed by atoms with Gasteiger partial charge in [-0.2, -0.15) is 0 Å². The van der Waals surface area contributed by atoms with Gasteiger partial charge in [-0.05, 0) is 61.6 Å². The van der Waals surface area contributed by atoms with Crippen LogP contribution in [0.1, 0.15) is 70.1 Å². The van der Waals surface area contributed by atoms with E-state index in [0.717, 1.165) is 18.8 Å². The minimum absolute atomic E-state index is 0.0166. The van der Waals surface area contributed by atoms with E-state index in [0.29, 0.717) is 41.3 Å². The second-order valence-corrected chi connectivity index (χ2v) is 17.3. The van der Waals surface area contributed by atoms with Gasteiger partial charge in [-0.25, -0.2) is 21.6 Å². The number of anilines is 1. The maximum Gasteiger partial charge on any atom is 0.264 e. The van der Waals surface area contributed by atoms with Crippen LogP contribution in [0.15, 0.2) is 66.7 Å². The van der Waals surface area contributed by atoms with Crippen molar-refractivity contribution in [1.82, 2.24) is 14.5 Å². The monoisotopic (exact) mass is 724 g/mol. The number of rotatable bonds is 13. The number of sulfonamides is 1. The summed E-state index contributed by atoms with van der Waals surface area (Å²) in [5.41, 5.74) is 3.31. The Kier molecular flexibility index (Phi) is 10.5. The van der Waals surface area contributed by atoms with Gasteiger partial charge in [-0.15, -0.1) is 0 Å². The van der Waals surface area contributed by atoms with E-state index in [-0.39, 0.29) is 37.6 Å². The summed E-state index contributed by atoms with van der Waals surface area (Å²) in [6.07, 6.45) is 0.585. The minimum atomic E-state index is -3.86. The van der Waals surface area contributed by atoms with Crippen LogP contribution in [-0.4, -0.2) is 102 Å². The molecule has 0 aromatic heterocycles. The molecule has 0 saturated carbocycles. The number of methoxy groups -OCH3 is 2. The van der Waals surface area contributed by atoms with Crippen LogP contribution in [0.5, 0.6) is 11.5 Å². The van der Waals surface area contributed by atoms with E-state index in [1.54, 1.807) is 24.3 Å². The second-order valence-electron chi connectivity index (χ2n) is 13.0. The predicted molar refractivity (Wildman–Crippen MR) is 191 cm³/mol. The van der Waals surface area contributed by atoms with Crippen molar-refractivity contribution in [3.05, 3.63) is 89.0 Å². The van der Waals surface area contributed by atoms with Crippen molar-refractivity contribution < 1.29 is 35.9 Å². The van der Waals surface area contributed by atoms with Crippen LogP contribution in [-0.2, 0) is 19.9 Å². The molecule has 0 aliphatic carbocycles. The molecule has 0 bridgehead atoms. The summed E-state index contributed by atoms with van der Waals surface area (Å²) in [4.78, 5) is 34.4. The minimum Gasteiger partial charge on any atom is -0.493 e. The average Bonchev–Trinajstić information content (AvgIpc) is 3.63. The molecule has 3 heterocycles. The van der Waals surface area contributed by atoms with Crippen LogP contribution in [0.4, 0.5) is 5.69 Å². The number of benzene rings is 3. The number of carbonyl (C=O) groups excluding carboxylic acids is 2. The summed E-state index contributed by atoms with van der Waals surface area (Å²) in [5, 5.41) is -0.993. The van der Waals surface area contributed by atoms with Crippen molar-refractivity contribution in [2.45, 2.75) is 43.5 Å². The first kappa shape index (κ1) is 35.8. The lowest BCUT2D eigenvalue weighted by Gasteiger charge is -2.39. The van der Waals surface area contributed by atoms with Crippen LogP contribution in [0.3, 0.4) is 0 Å². The van der Waals surface area contributed by atoms with Crippen LogP contribution >= 0.6 is 0 Å². The number of nitrogens with one attached hydrogen (secondary N) is 1. The summed E-state index contributed by atoms with van der Waals surface area (Å²) < 4.78 is 63.1. The first-order chi connectivity index (χ1) is 23.9. The van der Waals surface area contributed by atoms with Crippen molar-refractivity contribution in [3.8, 4) is 11.5 Å². The lowest BCUT2D eigenvalue weighted by atomic mass is 9.99. The number of imide groups is 1. The van der Waals surface area contributed by atoms with E-state index in [9.17, 15) is 26.4 Å². The number of hydrogen-bond donors (Lipinski definition) is 1. The largest absolute Gasteiger partial charge is 0.493 e. The van der Waals surface area contributed by atoms with Gasteiger partial charge in [0.25, 0.3) is 11.8 Å². The van der Waals surface area contributed by atoms with Gasteiger partial charge in [0.2, 0.25) is 10.0 Å². The Bertz CT molecular complexity index is 1950. The molecular formula is C36H44N4O8S2. The zero-order valence-electron chi connectivity index (χ0n) is 28.6. The van der Waals surface area contributed by atoms with Crippen LogP contribution in [0, 0.1) is 0 Å². The Labute approximate surface area is 294 Å². The van der Waals surface area contributed by atoms with E-state index in [2.05, 4.69) is 33.6 Å². The third-order valence-corrected chi connectivity index (χ3v) is 14.0. The number of nitrogens with zero attached hydrogens (tertiary/aromatic N) is 3. The van der Waals surface area contributed by atoms with Crippen LogP contribution < -0.4 is 19.1 Å². The molecular weight excluding hydrogens is 681 g/mol. The first-order valence-electron chi connectivity index (χ1n) is 16.9. The van der Waals surface area contributed by atoms with E-state index < -0.39 is 48.7 Å². The van der Waals surface area contributed by atoms with Crippen LogP contribution in [0.2, 0.25) is 0 Å². The van der Waals surface area contributed by atoms with Crippen molar-refractivity contribution in [2.75, 3.05) is 63.3 Å². The topological polar surface area (TPSA) is 143 Å². The Morgan fingerprint density at radius 3 is 2.26 bits per heavy atom. The molecule has 2 saturated heterocycles. The molecule has 1 N–H and O–H groups in total. The summed E-state index contributed by atoms with van der Waals surface area (Å²) in [6.45, 7) is 5.19. The summed E-state index contributed by atoms with van der Waals surface area (Å²) >= 11 is 0. The first-order valence-corrected chi connectivity index (χ1v) is 20.3. The highest BCUT2D eigenvalue weighted by molar-refractivity contribution is 7.95. The van der Waals surface area contributed by atoms with E-state index >= 15 is 0 Å². The molecule has 2 amide bonds. The Morgan fingerprint density at radius 1 is 0.880 bits per heavy atom. The Morgan fingerprint density at radius 2 is 1.60 bits per heavy atom. The SMILES string of the molecule is COc1ccc([C@@H](CCCNS(=O)(=O)C2CCS(=O)(=O)C2)N2C(=O)c3cccc(N4CCN([C@H](C)c5ccccc5)CC4)c3C2=O)cc1OC. The average molecular weight is 725 g/mol. The van der Waals surface area contributed by atoms with Crippen LogP contribution in [0.25, 0.3) is 0 Å². The van der Waals surface area contributed by atoms with Crippen molar-refractivity contribution in [3.63, 3.8) is 0 Å². The van der Waals surface area contributed by atoms with Gasteiger partial charge in [0.1, 0.15) is 0 Å². The molecule has 14 heteroatoms. The molecule has 2 fully saturated rings. The van der Waals surface area contributed by atoms with Gasteiger partial charge in [0.05, 0.1) is 53.8 Å². The number of fused-ring (bicyclic) bond motifs is 1. The zero-order valence-corrected chi connectivity index (χ0v) is 30.2. The number of ether oxygens (including phenoxy) is 2. The standard InChI is InChI=1S/C36H44N4O8S2/c1-25(26-9-5-4-6-10-26)38-18-20-39(21-19-38)31-12-7-11-29-34(31)36(42)40(35(29)41)30(27-14-15-32(47-2)33(23-27)48-3)13-8-17-37-50(45,46)28-16-22-49(43,44)24-28/h4-7,9-12,14-15,23,25,28,30,37H,8,13,16-22,24H2,1-3H3/t25-,28?,30-/m1/s1. The fourth-order valence-electron chi connectivity index (χ4n) is 7.26. The molecule has 3 aromatic rings. The molecule has 3 aliphatic rings. The smallest absolute Gasteiger partial charge is 0.264 e. The molecule has 3 aliphatic heterocycles. The normalized spacial score (nSPS) is 20.5. The maximum absolute atomic E-state index is 14.4. The highest BCUT2D eigenvalue weighted by Crippen LogP contribution is 2.41. The van der Waals surface area contributed by atoms with Gasteiger partial charge in [-0.1, -0.05) is 42.5 Å². The molecule has 6 rings (SSSR count). The molecule has 3 atom stereocenters. The van der Waals surface area contributed by atoms with Crippen molar-refractivity contribution >= 4 is 37.4 Å². The molecule has 50 heavy (non-hydrogen) atoms. The Hall–Kier alpha value is -3.98. The quantitative estimate of drug-likeness (QED) is 0.204. The number of hydrogen-bond acceptors (Lipinski definition) is 10. The van der Waals surface area contributed by atoms with Gasteiger partial charge in [0.15, 0.2) is 21.3 Å². The van der Waals surface area contributed by atoms with E-state index in [4.69, 9.17) is 9.47 Å². The number of piperazine rings is 1. The summed E-state index contributed by atoms with van der Waals surface area (Å²) in [5.74, 6) is -0.450. The molecule has 268 valence electrons. The van der Waals surface area contributed by atoms with E-state index in [1.807, 2.05) is 30.3 Å². The van der Waals surface area contributed by atoms with Crippen molar-refractivity contribution in [1.29, 1.82) is 0 Å². The molecule has 12 nitrogen and oxygen atoms in total. The summed E-state index contributed by atoms with van der Waals surface area (Å²) in [7, 11) is -4.22. The van der Waals surface area contributed by atoms with Gasteiger partial charge in [0, 0.05) is 38.8 Å². The van der Waals surface area contributed by atoms with Gasteiger partial charge in [-0.3, -0.25) is 19.4 Å². The van der Waals surface area contributed by atoms with Gasteiger partial charge < -0.3 is 14.4 Å². The summed E-state index contributed by atoms with van der Waals surface area (Å²) in [6, 6.07) is 20.5. The van der Waals surface area contributed by atoms with E-state index in [1.165, 1.54) is 24.7 Å². The number of sulfone groups is 1. The zero-order chi connectivity index (χ0) is 35.6. The maximum atomic E-state index is 14.4. The molecule has 0 radical (unpaired) electrons. The molecule has 3 aromatic carbocycles. The van der Waals surface area contributed by atoms with Gasteiger partial charge >= 0.3 is 0 Å². The van der Waals surface area contributed by atoms with Crippen molar-refractivity contribution in [2.24, 2.45) is 0 Å². The third-order valence-electron chi connectivity index (χ3n) is 10.1. The fraction of sp³-hybridized carbons (Fsp3) is 0.444. The second kappa shape index (κ2) is 14.7. The predicted octanol–water partition coefficient (Wildman–Crippen LogP) is 3.81.